The van der Waals surface area contributed by atoms with Crippen LogP contribution < -0.4 is 19.7 Å². The molecule has 1 fully saturated rings. The number of methoxy groups -OCH3 is 1. The van der Waals surface area contributed by atoms with Crippen LogP contribution in [0.15, 0.2) is 28.6 Å². The molecular weight excluding hydrogens is 450 g/mol. The lowest BCUT2D eigenvalue weighted by molar-refractivity contribution is 0.413. The van der Waals surface area contributed by atoms with Gasteiger partial charge in [0, 0.05) is 32.6 Å². The largest absolute Gasteiger partial charge is 0.495 e. The van der Waals surface area contributed by atoms with Gasteiger partial charge in [-0.3, -0.25) is 4.72 Å². The summed E-state index contributed by atoms with van der Waals surface area (Å²) in [6.07, 6.45) is 1.99. The van der Waals surface area contributed by atoms with Gasteiger partial charge in [-0.1, -0.05) is 45.4 Å². The summed E-state index contributed by atoms with van der Waals surface area (Å²) in [6, 6.07) is 5.29. The van der Waals surface area contributed by atoms with Crippen LogP contribution in [-0.2, 0) is 10.0 Å². The first-order valence-electron chi connectivity index (χ1n) is 7.74. The maximum absolute atomic E-state index is 12.8. The molecule has 0 aliphatic carbocycles. The molecule has 1 unspecified atom stereocenters. The highest BCUT2D eigenvalue weighted by Crippen LogP contribution is 2.52. The molecule has 1 saturated heterocycles. The minimum Gasteiger partial charge on any atom is -0.495 e. The molecule has 0 spiro atoms. The van der Waals surface area contributed by atoms with Crippen LogP contribution in [0.1, 0.15) is 6.42 Å². The molecule has 25 heavy (non-hydrogen) atoms. The first kappa shape index (κ1) is 19.2. The van der Waals surface area contributed by atoms with E-state index in [-0.39, 0.29) is 0 Å². The van der Waals surface area contributed by atoms with Crippen LogP contribution in [-0.4, -0.2) is 44.7 Å². The van der Waals surface area contributed by atoms with Gasteiger partial charge in [-0.05, 0) is 18.2 Å². The second-order valence-corrected chi connectivity index (χ2v) is 12.2. The molecule has 1 aromatic rings. The Bertz CT molecular complexity index is 784. The minimum absolute atomic E-state index is 0.298. The molecule has 3 rings (SSSR count). The third-order valence-corrected chi connectivity index (χ3v) is 9.74. The van der Waals surface area contributed by atoms with Gasteiger partial charge in [0.1, 0.15) is 5.75 Å². The summed E-state index contributed by atoms with van der Waals surface area (Å²) in [5, 5.41) is 3.30. The van der Waals surface area contributed by atoms with Crippen molar-refractivity contribution in [3.63, 3.8) is 0 Å². The molecule has 10 heteroatoms. The molecule has 6 nitrogen and oxygen atoms in total. The van der Waals surface area contributed by atoms with E-state index in [4.69, 9.17) is 16.3 Å². The monoisotopic (exact) mass is 467 g/mol. The zero-order valence-corrected chi connectivity index (χ0v) is 17.6. The lowest BCUT2D eigenvalue weighted by atomic mass is 10.2. The lowest BCUT2D eigenvalue weighted by Crippen LogP contribution is -2.43. The van der Waals surface area contributed by atoms with E-state index in [2.05, 4.69) is 30.9 Å². The molecule has 2 aliphatic heterocycles. The second kappa shape index (κ2) is 7.56. The minimum atomic E-state index is -3.69. The Morgan fingerprint density at radius 1 is 1.40 bits per heavy atom. The summed E-state index contributed by atoms with van der Waals surface area (Å²) in [6.45, 7) is 3.43. The van der Waals surface area contributed by atoms with Crippen molar-refractivity contribution in [1.82, 2.24) is 5.32 Å². The van der Waals surface area contributed by atoms with Gasteiger partial charge in [0.15, 0.2) is 2.99 Å². The maximum atomic E-state index is 12.8. The van der Waals surface area contributed by atoms with E-state index >= 15 is 0 Å². The lowest BCUT2D eigenvalue weighted by Gasteiger charge is -2.31. The Morgan fingerprint density at radius 3 is 2.72 bits per heavy atom. The molecule has 2 aliphatic rings. The average molecular weight is 469 g/mol. The Labute approximate surface area is 165 Å². The summed E-state index contributed by atoms with van der Waals surface area (Å²) in [5.41, 5.74) is 1.37. The van der Waals surface area contributed by atoms with E-state index < -0.39 is 13.0 Å². The third-order valence-electron chi connectivity index (χ3n) is 4.05. The van der Waals surface area contributed by atoms with Gasteiger partial charge in [-0.2, -0.15) is 0 Å². The van der Waals surface area contributed by atoms with Gasteiger partial charge in [0.2, 0.25) is 0 Å². The van der Waals surface area contributed by atoms with Crippen LogP contribution in [0.4, 0.5) is 11.4 Å². The second-order valence-electron chi connectivity index (χ2n) is 5.70. The number of nitrogens with one attached hydrogen (secondary N) is 2. The predicted octanol–water partition coefficient (Wildman–Crippen LogP) is 3.11. The van der Waals surface area contributed by atoms with Crippen molar-refractivity contribution in [2.24, 2.45) is 0 Å². The number of anilines is 2. The zero-order valence-electron chi connectivity index (χ0n) is 13.6. The maximum Gasteiger partial charge on any atom is 0.258 e. The van der Waals surface area contributed by atoms with Crippen molar-refractivity contribution in [3.05, 3.63) is 28.6 Å². The van der Waals surface area contributed by atoms with E-state index in [0.29, 0.717) is 16.5 Å². The highest BCUT2D eigenvalue weighted by molar-refractivity contribution is 9.14. The summed E-state index contributed by atoms with van der Waals surface area (Å²) >= 11 is 10.3. The molecule has 138 valence electrons. The van der Waals surface area contributed by atoms with Gasteiger partial charge in [0.25, 0.3) is 10.0 Å². The van der Waals surface area contributed by atoms with Crippen molar-refractivity contribution in [2.75, 3.05) is 42.9 Å². The molecule has 2 heterocycles. The fraction of sp³-hybridized carbons (Fsp3) is 0.467. The smallest absolute Gasteiger partial charge is 0.258 e. The van der Waals surface area contributed by atoms with Crippen molar-refractivity contribution in [2.45, 2.75) is 9.41 Å². The van der Waals surface area contributed by atoms with E-state index in [1.807, 2.05) is 6.07 Å². The number of allylic oxidation sites excluding steroid dienone is 1. The van der Waals surface area contributed by atoms with Crippen LogP contribution in [0.3, 0.4) is 0 Å². The number of ether oxygens (including phenoxy) is 1. The number of nitrogens with zero attached hydrogens (tertiary/aromatic N) is 1. The van der Waals surface area contributed by atoms with E-state index in [0.717, 1.165) is 49.4 Å². The number of thioether (sulfide) groups is 1. The normalized spacial score (nSPS) is 24.1. The number of sulfonamides is 1. The number of rotatable bonds is 5. The van der Waals surface area contributed by atoms with Crippen molar-refractivity contribution in [1.29, 1.82) is 0 Å². The first-order chi connectivity index (χ1) is 11.8. The number of hydrogen-bond acceptors (Lipinski definition) is 6. The Kier molecular flexibility index (Phi) is 5.79. The highest BCUT2D eigenvalue weighted by atomic mass is 79.9. The zero-order chi connectivity index (χ0) is 18.1. The van der Waals surface area contributed by atoms with Crippen LogP contribution in [0, 0.1) is 0 Å². The first-order valence-corrected chi connectivity index (χ1v) is 11.2. The van der Waals surface area contributed by atoms with Gasteiger partial charge in [-0.25, -0.2) is 8.42 Å². The molecule has 0 radical (unpaired) electrons. The van der Waals surface area contributed by atoms with Crippen molar-refractivity contribution in [3.8, 4) is 5.75 Å². The number of halogens is 2. The van der Waals surface area contributed by atoms with Crippen LogP contribution in [0.5, 0.6) is 5.75 Å². The van der Waals surface area contributed by atoms with E-state index in [1.165, 1.54) is 0 Å². The molecule has 0 amide bonds. The predicted molar refractivity (Wildman–Crippen MR) is 108 cm³/mol. The fourth-order valence-corrected chi connectivity index (χ4v) is 6.90. The third kappa shape index (κ3) is 4.05. The molecule has 2 N–H and O–H groups in total. The Hall–Kier alpha value is -0.610. The topological polar surface area (TPSA) is 70.7 Å². The quantitative estimate of drug-likeness (QED) is 0.647. The SMILES string of the molecule is COc1ccc(NS(=O)(=O)C2(Br)CC=C(Cl)S2)cc1N1CCNCC1. The number of alkyl halides is 1. The van der Waals surface area contributed by atoms with Gasteiger partial charge >= 0.3 is 0 Å². The number of hydrogen-bond donors (Lipinski definition) is 2. The molecule has 0 bridgehead atoms. The van der Waals surface area contributed by atoms with Crippen molar-refractivity contribution < 1.29 is 13.2 Å². The summed E-state index contributed by atoms with van der Waals surface area (Å²) < 4.78 is 33.0. The molecule has 0 aromatic heterocycles. The molecular formula is C15H19BrClN3O3S2. The molecule has 1 aromatic carbocycles. The summed E-state index contributed by atoms with van der Waals surface area (Å²) in [4.78, 5) is 2.18. The molecule has 1 atom stereocenters. The van der Waals surface area contributed by atoms with Gasteiger partial charge < -0.3 is 15.0 Å². The Morgan fingerprint density at radius 2 is 2.12 bits per heavy atom. The standard InChI is InChI=1S/C15H19BrClN3O3S2/c1-23-13-3-2-11(10-12(13)20-8-6-18-7-9-20)19-25(21,22)15(16)5-4-14(17)24-15/h2-4,10,18-19H,5-9H2,1H3. The van der Waals surface area contributed by atoms with Gasteiger partial charge in [0.05, 0.1) is 22.8 Å². The van der Waals surface area contributed by atoms with Gasteiger partial charge in [-0.15, -0.1) is 0 Å². The summed E-state index contributed by atoms with van der Waals surface area (Å²) in [5.74, 6) is 0.721. The van der Waals surface area contributed by atoms with E-state index in [9.17, 15) is 8.42 Å². The van der Waals surface area contributed by atoms with Crippen LogP contribution in [0.2, 0.25) is 0 Å². The Balaban J connectivity index is 1.85. The number of piperazine rings is 1. The van der Waals surface area contributed by atoms with Crippen LogP contribution in [0.25, 0.3) is 0 Å². The highest BCUT2D eigenvalue weighted by Gasteiger charge is 2.45. The average Bonchev–Trinajstić information content (AvgIpc) is 2.96. The van der Waals surface area contributed by atoms with Crippen molar-refractivity contribution >= 4 is 60.7 Å². The van der Waals surface area contributed by atoms with Crippen LogP contribution >= 0.6 is 39.3 Å². The van der Waals surface area contributed by atoms with E-state index in [1.54, 1.807) is 25.3 Å². The molecule has 0 saturated carbocycles. The fourth-order valence-electron chi connectivity index (χ4n) is 2.73. The number of benzene rings is 1. The summed E-state index contributed by atoms with van der Waals surface area (Å²) in [7, 11) is -2.08.